The maximum absolute atomic E-state index is 13.1. The van der Waals surface area contributed by atoms with Crippen molar-refractivity contribution in [2.45, 2.75) is 57.2 Å². The maximum atomic E-state index is 13.1. The molecule has 0 bridgehead atoms. The van der Waals surface area contributed by atoms with Crippen LogP contribution in [-0.4, -0.2) is 40.2 Å². The first-order valence-electron chi connectivity index (χ1n) is 7.45. The minimum atomic E-state index is -2.66. The summed E-state index contributed by atoms with van der Waals surface area (Å²) in [5.74, 6) is -2.41. The Hall–Kier alpha value is -1.83. The Morgan fingerprint density at radius 3 is 2.43 bits per heavy atom. The van der Waals surface area contributed by atoms with Crippen LogP contribution in [0.5, 0.6) is 0 Å². The molecule has 0 spiro atoms. The van der Waals surface area contributed by atoms with Gasteiger partial charge in [-0.15, -0.1) is 0 Å². The maximum Gasteiger partial charge on any atom is 0.415 e. The highest BCUT2D eigenvalue weighted by Crippen LogP contribution is 2.34. The van der Waals surface area contributed by atoms with E-state index in [1.165, 1.54) is 19.4 Å². The highest BCUT2D eigenvalue weighted by molar-refractivity contribution is 5.85. The van der Waals surface area contributed by atoms with Gasteiger partial charge in [0.2, 0.25) is 5.92 Å². The van der Waals surface area contributed by atoms with Crippen molar-refractivity contribution in [1.82, 2.24) is 9.97 Å². The summed E-state index contributed by atoms with van der Waals surface area (Å²) >= 11 is 0. The van der Waals surface area contributed by atoms with Crippen LogP contribution in [0.4, 0.5) is 19.4 Å². The smallest absolute Gasteiger partial charge is 0.415 e. The van der Waals surface area contributed by atoms with Crippen molar-refractivity contribution in [3.05, 3.63) is 18.1 Å². The number of anilines is 1. The largest absolute Gasteiger partial charge is 0.446 e. The molecule has 8 heteroatoms. The number of aliphatic hydroxyl groups is 1. The number of carbonyl (C=O) groups is 1. The first-order chi connectivity index (χ1) is 10.6. The molecule has 2 rings (SSSR count). The molecule has 1 fully saturated rings. The Kier molecular flexibility index (Phi) is 4.84. The summed E-state index contributed by atoms with van der Waals surface area (Å²) in [5, 5.41) is 9.82. The van der Waals surface area contributed by atoms with Crippen molar-refractivity contribution >= 4 is 11.9 Å². The molecule has 1 aliphatic rings. The fourth-order valence-corrected chi connectivity index (χ4v) is 2.26. The number of hydrogen-bond donors (Lipinski definition) is 1. The zero-order valence-corrected chi connectivity index (χ0v) is 13.4. The minimum Gasteiger partial charge on any atom is -0.446 e. The number of hydrogen-bond acceptors (Lipinski definition) is 5. The summed E-state index contributed by atoms with van der Waals surface area (Å²) in [6, 6.07) is 0. The van der Waals surface area contributed by atoms with E-state index in [-0.39, 0.29) is 31.5 Å². The Morgan fingerprint density at radius 1 is 1.35 bits per heavy atom. The average Bonchev–Trinajstić information content (AvgIpc) is 2.48. The second kappa shape index (κ2) is 6.35. The van der Waals surface area contributed by atoms with E-state index in [1.54, 1.807) is 13.8 Å². The van der Waals surface area contributed by atoms with E-state index in [0.29, 0.717) is 5.69 Å². The molecule has 0 saturated heterocycles. The van der Waals surface area contributed by atoms with Crippen molar-refractivity contribution in [3.63, 3.8) is 0 Å². The number of aromatic nitrogens is 2. The van der Waals surface area contributed by atoms with Crippen LogP contribution in [-0.2, 0) is 10.3 Å². The number of rotatable bonds is 3. The van der Waals surface area contributed by atoms with Crippen LogP contribution in [0.2, 0.25) is 0 Å². The molecule has 1 saturated carbocycles. The number of carbonyl (C=O) groups excluding carboxylic acids is 1. The number of halogens is 2. The van der Waals surface area contributed by atoms with Gasteiger partial charge in [-0.05, 0) is 26.7 Å². The van der Waals surface area contributed by atoms with Gasteiger partial charge in [0.15, 0.2) is 5.82 Å². The molecule has 6 nitrogen and oxygen atoms in total. The van der Waals surface area contributed by atoms with Gasteiger partial charge in [-0.2, -0.15) is 0 Å². The Bertz CT molecular complexity index is 548. The van der Waals surface area contributed by atoms with Gasteiger partial charge >= 0.3 is 6.09 Å². The monoisotopic (exact) mass is 329 g/mol. The van der Waals surface area contributed by atoms with Gasteiger partial charge in [-0.1, -0.05) is 0 Å². The molecule has 0 aromatic carbocycles. The lowest BCUT2D eigenvalue weighted by atomic mass is 9.94. The molecule has 0 aliphatic heterocycles. The third-order valence-corrected chi connectivity index (χ3v) is 3.81. The molecule has 1 heterocycles. The van der Waals surface area contributed by atoms with E-state index in [9.17, 15) is 18.7 Å². The van der Waals surface area contributed by atoms with Crippen LogP contribution in [0.1, 0.15) is 45.2 Å². The summed E-state index contributed by atoms with van der Waals surface area (Å²) in [7, 11) is 1.47. The third-order valence-electron chi connectivity index (χ3n) is 3.81. The average molecular weight is 329 g/mol. The molecule has 0 unspecified atom stereocenters. The van der Waals surface area contributed by atoms with Gasteiger partial charge in [0.05, 0.1) is 18.1 Å². The molecule has 1 amide bonds. The standard InChI is InChI=1S/C15H21F2N3O3/c1-14(2,22)11-8-19-12(9-18-11)20(3)13(21)23-10-4-6-15(16,17)7-5-10/h8-10,22H,4-7H2,1-3H3. The lowest BCUT2D eigenvalue weighted by Crippen LogP contribution is -2.35. The lowest BCUT2D eigenvalue weighted by Gasteiger charge is -2.29. The number of ether oxygens (including phenoxy) is 1. The summed E-state index contributed by atoms with van der Waals surface area (Å²) in [5.41, 5.74) is -0.754. The van der Waals surface area contributed by atoms with Crippen LogP contribution in [0.3, 0.4) is 0 Å². The number of amides is 1. The van der Waals surface area contributed by atoms with E-state index >= 15 is 0 Å². The SMILES string of the molecule is CN(C(=O)OC1CCC(F)(F)CC1)c1cnc(C(C)(C)O)cn1. The third kappa shape index (κ3) is 4.57. The normalized spacial score (nSPS) is 18.5. The molecule has 1 aromatic rings. The van der Waals surface area contributed by atoms with E-state index in [2.05, 4.69) is 9.97 Å². The van der Waals surface area contributed by atoms with Crippen molar-refractivity contribution in [2.24, 2.45) is 0 Å². The molecule has 1 aromatic heterocycles. The van der Waals surface area contributed by atoms with Crippen molar-refractivity contribution in [1.29, 1.82) is 0 Å². The van der Waals surface area contributed by atoms with Gasteiger partial charge < -0.3 is 9.84 Å². The van der Waals surface area contributed by atoms with Crippen molar-refractivity contribution in [2.75, 3.05) is 11.9 Å². The van der Waals surface area contributed by atoms with Crippen LogP contribution in [0, 0.1) is 0 Å². The van der Waals surface area contributed by atoms with E-state index in [4.69, 9.17) is 4.74 Å². The highest BCUT2D eigenvalue weighted by Gasteiger charge is 2.36. The fourth-order valence-electron chi connectivity index (χ4n) is 2.26. The van der Waals surface area contributed by atoms with Crippen LogP contribution in [0.25, 0.3) is 0 Å². The fraction of sp³-hybridized carbons (Fsp3) is 0.667. The Balaban J connectivity index is 1.95. The van der Waals surface area contributed by atoms with Crippen LogP contribution in [0.15, 0.2) is 12.4 Å². The first kappa shape index (κ1) is 17.5. The highest BCUT2D eigenvalue weighted by atomic mass is 19.3. The topological polar surface area (TPSA) is 75.6 Å². The second-order valence-electron chi connectivity index (χ2n) is 6.32. The Labute approximate surface area is 133 Å². The summed E-state index contributed by atoms with van der Waals surface area (Å²) in [4.78, 5) is 21.3. The number of alkyl halides is 2. The molecule has 0 radical (unpaired) electrons. The quantitative estimate of drug-likeness (QED) is 0.923. The molecule has 23 heavy (non-hydrogen) atoms. The van der Waals surface area contributed by atoms with Gasteiger partial charge in [0.25, 0.3) is 0 Å². The van der Waals surface area contributed by atoms with Gasteiger partial charge in [-0.3, -0.25) is 9.88 Å². The predicted molar refractivity (Wildman–Crippen MR) is 79.4 cm³/mol. The molecular weight excluding hydrogens is 308 g/mol. The Morgan fingerprint density at radius 2 is 1.96 bits per heavy atom. The van der Waals surface area contributed by atoms with Crippen LogP contribution < -0.4 is 4.90 Å². The van der Waals surface area contributed by atoms with Crippen molar-refractivity contribution in [3.8, 4) is 0 Å². The van der Waals surface area contributed by atoms with E-state index < -0.39 is 23.7 Å². The first-order valence-corrected chi connectivity index (χ1v) is 7.45. The van der Waals surface area contributed by atoms with Gasteiger partial charge in [0, 0.05) is 19.9 Å². The zero-order chi connectivity index (χ0) is 17.3. The van der Waals surface area contributed by atoms with E-state index in [0.717, 1.165) is 4.90 Å². The van der Waals surface area contributed by atoms with Crippen molar-refractivity contribution < 1.29 is 23.4 Å². The molecular formula is C15H21F2N3O3. The van der Waals surface area contributed by atoms with Gasteiger partial charge in [-0.25, -0.2) is 18.6 Å². The summed E-state index contributed by atoms with van der Waals surface area (Å²) < 4.78 is 31.4. The molecule has 1 aliphatic carbocycles. The predicted octanol–water partition coefficient (Wildman–Crippen LogP) is 2.85. The summed E-state index contributed by atoms with van der Waals surface area (Å²) in [6.45, 7) is 3.15. The molecule has 128 valence electrons. The van der Waals surface area contributed by atoms with E-state index in [1.807, 2.05) is 0 Å². The molecule has 1 N–H and O–H groups in total. The molecule has 0 atom stereocenters. The zero-order valence-electron chi connectivity index (χ0n) is 13.4. The summed E-state index contributed by atoms with van der Waals surface area (Å²) in [6.07, 6.45) is 1.32. The minimum absolute atomic E-state index is 0.149. The van der Waals surface area contributed by atoms with Gasteiger partial charge in [0.1, 0.15) is 11.7 Å². The lowest BCUT2D eigenvalue weighted by molar-refractivity contribution is -0.0647. The van der Waals surface area contributed by atoms with Crippen LogP contribution >= 0.6 is 0 Å². The number of nitrogens with zero attached hydrogens (tertiary/aromatic N) is 3. The second-order valence-corrected chi connectivity index (χ2v) is 6.32.